The van der Waals surface area contributed by atoms with Gasteiger partial charge in [0, 0.05) is 6.42 Å². The fourth-order valence-corrected chi connectivity index (χ4v) is 1.97. The number of carboxylic acid groups (broad SMARTS) is 1. The topological polar surface area (TPSA) is 87.0 Å². The van der Waals surface area contributed by atoms with Crippen LogP contribution in [0.5, 0.6) is 0 Å². The number of aliphatic carboxylic acids is 1. The van der Waals surface area contributed by atoms with Gasteiger partial charge in [-0.3, -0.25) is 10.1 Å². The van der Waals surface area contributed by atoms with Gasteiger partial charge in [-0.05, 0) is 32.1 Å². The lowest BCUT2D eigenvalue weighted by molar-refractivity contribution is -0.264. The van der Waals surface area contributed by atoms with Crippen molar-refractivity contribution in [1.29, 1.82) is 0 Å². The molecular formula is C22H32O5. The summed E-state index contributed by atoms with van der Waals surface area (Å²) in [5.74, 6) is -0.829. The quantitative estimate of drug-likeness (QED) is 0.162. The summed E-state index contributed by atoms with van der Waals surface area (Å²) in [6.07, 6.45) is 24.8. The van der Waals surface area contributed by atoms with Crippen molar-refractivity contribution in [3.8, 4) is 0 Å². The Bertz CT molecular complexity index is 541. The first-order chi connectivity index (χ1) is 13.1. The van der Waals surface area contributed by atoms with Crippen LogP contribution in [-0.2, 0) is 9.68 Å². The number of carboxylic acids is 1. The molecule has 0 saturated heterocycles. The average Bonchev–Trinajstić information content (AvgIpc) is 2.64. The van der Waals surface area contributed by atoms with Crippen LogP contribution in [0.2, 0.25) is 0 Å². The molecule has 0 rings (SSSR count). The predicted octanol–water partition coefficient (Wildman–Crippen LogP) is 4.99. The van der Waals surface area contributed by atoms with Crippen molar-refractivity contribution >= 4 is 5.97 Å². The number of hydrogen-bond donors (Lipinski definition) is 3. The molecule has 0 saturated carbocycles. The van der Waals surface area contributed by atoms with E-state index in [-0.39, 0.29) is 6.42 Å². The fraction of sp³-hybridized carbons (Fsp3) is 0.409. The maximum Gasteiger partial charge on any atom is 0.303 e. The Morgan fingerprint density at radius 1 is 0.926 bits per heavy atom. The van der Waals surface area contributed by atoms with Crippen molar-refractivity contribution < 1.29 is 25.2 Å². The molecule has 2 atom stereocenters. The van der Waals surface area contributed by atoms with E-state index in [0.717, 1.165) is 12.8 Å². The van der Waals surface area contributed by atoms with Gasteiger partial charge >= 0.3 is 5.97 Å². The third-order valence-corrected chi connectivity index (χ3v) is 3.40. The number of aliphatic hydroxyl groups excluding tert-OH is 1. The molecular weight excluding hydrogens is 344 g/mol. The SMILES string of the molecule is CCC=CCC(O)C=CC=CCC=CC=CC(CC=CCCC(=O)O)OO. The molecule has 5 heteroatoms. The Balaban J connectivity index is 4.00. The molecule has 0 radical (unpaired) electrons. The standard InChI is InChI=1S/C22H32O5/c1-2-3-10-15-20(23)16-11-7-5-4-6-8-12-17-21(27-26)18-13-9-14-19-22(24)25/h3,5-13,16-17,20-21,23,26H,2,4,14-15,18-19H2,1H3,(H,24,25). The highest BCUT2D eigenvalue weighted by molar-refractivity contribution is 5.66. The number of hydrogen-bond acceptors (Lipinski definition) is 4. The molecule has 0 aromatic heterocycles. The van der Waals surface area contributed by atoms with Crippen LogP contribution in [0.4, 0.5) is 0 Å². The molecule has 3 N–H and O–H groups in total. The van der Waals surface area contributed by atoms with E-state index in [1.807, 2.05) is 42.5 Å². The van der Waals surface area contributed by atoms with Gasteiger partial charge in [-0.15, -0.1) is 0 Å². The van der Waals surface area contributed by atoms with Crippen LogP contribution in [-0.4, -0.2) is 33.6 Å². The normalized spacial score (nSPS) is 15.4. The maximum absolute atomic E-state index is 10.4. The zero-order chi connectivity index (χ0) is 20.2. The number of aliphatic hydroxyl groups is 1. The van der Waals surface area contributed by atoms with Gasteiger partial charge in [0.15, 0.2) is 0 Å². The Morgan fingerprint density at radius 2 is 1.59 bits per heavy atom. The van der Waals surface area contributed by atoms with E-state index in [1.54, 1.807) is 30.4 Å². The van der Waals surface area contributed by atoms with E-state index in [2.05, 4.69) is 11.8 Å². The number of rotatable bonds is 15. The molecule has 5 nitrogen and oxygen atoms in total. The lowest BCUT2D eigenvalue weighted by Gasteiger charge is -2.04. The Hall–Kier alpha value is -2.21. The molecule has 0 spiro atoms. The highest BCUT2D eigenvalue weighted by Crippen LogP contribution is 2.03. The lowest BCUT2D eigenvalue weighted by Crippen LogP contribution is -2.05. The molecule has 2 unspecified atom stereocenters. The number of allylic oxidation sites excluding steroid dienone is 8. The molecule has 0 heterocycles. The summed E-state index contributed by atoms with van der Waals surface area (Å²) in [4.78, 5) is 14.7. The van der Waals surface area contributed by atoms with E-state index >= 15 is 0 Å². The highest BCUT2D eigenvalue weighted by atomic mass is 17.1. The van der Waals surface area contributed by atoms with Crippen LogP contribution in [0.15, 0.2) is 72.9 Å². The molecule has 0 aliphatic heterocycles. The Kier molecular flexibility index (Phi) is 17.1. The summed E-state index contributed by atoms with van der Waals surface area (Å²) in [5, 5.41) is 27.0. The van der Waals surface area contributed by atoms with E-state index in [9.17, 15) is 9.90 Å². The zero-order valence-corrected chi connectivity index (χ0v) is 16.0. The van der Waals surface area contributed by atoms with Gasteiger partial charge in [-0.25, -0.2) is 4.89 Å². The fourth-order valence-electron chi connectivity index (χ4n) is 1.97. The van der Waals surface area contributed by atoms with Gasteiger partial charge in [-0.1, -0.05) is 79.8 Å². The van der Waals surface area contributed by atoms with E-state index < -0.39 is 18.2 Å². The minimum Gasteiger partial charge on any atom is -0.481 e. The van der Waals surface area contributed by atoms with E-state index in [1.165, 1.54) is 0 Å². The van der Waals surface area contributed by atoms with Crippen LogP contribution in [0, 0.1) is 0 Å². The Labute approximate surface area is 162 Å². The van der Waals surface area contributed by atoms with Crippen molar-refractivity contribution in [3.63, 3.8) is 0 Å². The third kappa shape index (κ3) is 18.4. The average molecular weight is 376 g/mol. The Morgan fingerprint density at radius 3 is 2.22 bits per heavy atom. The summed E-state index contributed by atoms with van der Waals surface area (Å²) < 4.78 is 0. The van der Waals surface area contributed by atoms with Crippen molar-refractivity contribution in [2.24, 2.45) is 0 Å². The van der Waals surface area contributed by atoms with Crippen molar-refractivity contribution in [2.45, 2.75) is 57.7 Å². The largest absolute Gasteiger partial charge is 0.481 e. The van der Waals surface area contributed by atoms with Crippen LogP contribution >= 0.6 is 0 Å². The molecule has 0 aromatic rings. The second-order valence-electron chi connectivity index (χ2n) is 5.83. The summed E-state index contributed by atoms with van der Waals surface area (Å²) in [6.45, 7) is 2.06. The van der Waals surface area contributed by atoms with Gasteiger partial charge in [0.1, 0.15) is 6.10 Å². The monoisotopic (exact) mass is 376 g/mol. The van der Waals surface area contributed by atoms with Gasteiger partial charge in [-0.2, -0.15) is 0 Å². The highest BCUT2D eigenvalue weighted by Gasteiger charge is 2.00. The first-order valence-corrected chi connectivity index (χ1v) is 9.26. The predicted molar refractivity (Wildman–Crippen MR) is 109 cm³/mol. The van der Waals surface area contributed by atoms with Crippen molar-refractivity contribution in [1.82, 2.24) is 0 Å². The smallest absolute Gasteiger partial charge is 0.303 e. The minimum atomic E-state index is -0.829. The second kappa shape index (κ2) is 18.6. The van der Waals surface area contributed by atoms with Gasteiger partial charge in [0.2, 0.25) is 0 Å². The van der Waals surface area contributed by atoms with Crippen LogP contribution < -0.4 is 0 Å². The first-order valence-electron chi connectivity index (χ1n) is 9.26. The molecule has 0 aromatic carbocycles. The minimum absolute atomic E-state index is 0.0945. The molecule has 0 aliphatic rings. The molecule has 0 fully saturated rings. The van der Waals surface area contributed by atoms with Crippen molar-refractivity contribution in [3.05, 3.63) is 72.9 Å². The lowest BCUT2D eigenvalue weighted by atomic mass is 10.2. The molecule has 27 heavy (non-hydrogen) atoms. The number of carbonyl (C=O) groups is 1. The van der Waals surface area contributed by atoms with Gasteiger partial charge in [0.25, 0.3) is 0 Å². The maximum atomic E-state index is 10.4. The molecule has 150 valence electrons. The van der Waals surface area contributed by atoms with Crippen LogP contribution in [0.3, 0.4) is 0 Å². The van der Waals surface area contributed by atoms with E-state index in [0.29, 0.717) is 19.3 Å². The summed E-state index contributed by atoms with van der Waals surface area (Å²) in [7, 11) is 0. The van der Waals surface area contributed by atoms with Crippen LogP contribution in [0.1, 0.15) is 45.4 Å². The summed E-state index contributed by atoms with van der Waals surface area (Å²) in [6, 6.07) is 0. The van der Waals surface area contributed by atoms with Gasteiger partial charge < -0.3 is 10.2 Å². The zero-order valence-electron chi connectivity index (χ0n) is 16.0. The van der Waals surface area contributed by atoms with Gasteiger partial charge in [0.05, 0.1) is 6.10 Å². The molecule has 0 amide bonds. The molecule has 0 bridgehead atoms. The molecule has 0 aliphatic carbocycles. The van der Waals surface area contributed by atoms with Crippen LogP contribution in [0.25, 0.3) is 0 Å². The summed E-state index contributed by atoms with van der Waals surface area (Å²) >= 11 is 0. The van der Waals surface area contributed by atoms with Crippen molar-refractivity contribution in [2.75, 3.05) is 0 Å². The second-order valence-corrected chi connectivity index (χ2v) is 5.83. The first kappa shape index (κ1) is 24.8. The summed E-state index contributed by atoms with van der Waals surface area (Å²) in [5.41, 5.74) is 0. The third-order valence-electron chi connectivity index (χ3n) is 3.40. The van der Waals surface area contributed by atoms with E-state index in [4.69, 9.17) is 10.4 Å².